The van der Waals surface area contributed by atoms with Crippen molar-refractivity contribution < 1.29 is 21.6 Å². The zero-order valence-electron chi connectivity index (χ0n) is 25.1. The van der Waals surface area contributed by atoms with E-state index in [1.807, 2.05) is 74.5 Å². The quantitative estimate of drug-likeness (QED) is 0.198. The summed E-state index contributed by atoms with van der Waals surface area (Å²) in [5.74, 6) is 0.629. The molecule has 0 aromatic heterocycles. The van der Waals surface area contributed by atoms with Gasteiger partial charge >= 0.3 is 0 Å². The fourth-order valence-corrected chi connectivity index (χ4v) is 10.1. The Morgan fingerprint density at radius 1 is 0.733 bits per heavy atom. The highest BCUT2D eigenvalue weighted by Crippen LogP contribution is 2.49. The second-order valence-corrected chi connectivity index (χ2v) is 15.5. The number of benzene rings is 4. The lowest BCUT2D eigenvalue weighted by molar-refractivity contribution is 0.118. The Balaban J connectivity index is 1.56. The Hall–Kier alpha value is -3.47. The number of aryl methyl sites for hydroxylation is 1. The van der Waals surface area contributed by atoms with E-state index in [2.05, 4.69) is 0 Å². The summed E-state index contributed by atoms with van der Waals surface area (Å²) in [6.45, 7) is 4.14. The van der Waals surface area contributed by atoms with Gasteiger partial charge < -0.3 is 4.74 Å². The number of sulfonamides is 2. The van der Waals surface area contributed by atoms with Crippen molar-refractivity contribution in [1.82, 2.24) is 8.61 Å². The highest BCUT2D eigenvalue weighted by Gasteiger charge is 2.51. The van der Waals surface area contributed by atoms with E-state index in [1.54, 1.807) is 46.8 Å². The molecule has 7 nitrogen and oxygen atoms in total. The molecule has 0 amide bonds. The van der Waals surface area contributed by atoms with Crippen molar-refractivity contribution in [2.45, 2.75) is 54.6 Å². The molecule has 0 spiro atoms. The predicted octanol–water partition coefficient (Wildman–Crippen LogP) is 7.28. The van der Waals surface area contributed by atoms with Gasteiger partial charge in [-0.25, -0.2) is 16.8 Å². The number of rotatable bonds is 8. The van der Waals surface area contributed by atoms with Gasteiger partial charge in [-0.1, -0.05) is 96.0 Å². The second-order valence-electron chi connectivity index (χ2n) is 11.3. The number of piperidine rings is 1. The van der Waals surface area contributed by atoms with Gasteiger partial charge in [0, 0.05) is 23.6 Å². The summed E-state index contributed by atoms with van der Waals surface area (Å²) in [4.78, 5) is 0.272. The van der Waals surface area contributed by atoms with Crippen LogP contribution in [0.4, 0.5) is 0 Å². The summed E-state index contributed by atoms with van der Waals surface area (Å²) in [6, 6.07) is 30.1. The molecule has 10 heteroatoms. The molecule has 0 N–H and O–H groups in total. The predicted molar refractivity (Wildman–Crippen MR) is 176 cm³/mol. The van der Waals surface area contributed by atoms with Crippen molar-refractivity contribution >= 4 is 31.6 Å². The van der Waals surface area contributed by atoms with Crippen LogP contribution < -0.4 is 0 Å². The second kappa shape index (κ2) is 12.7. The Labute approximate surface area is 270 Å². The molecular weight excluding hydrogens is 628 g/mol. The third kappa shape index (κ3) is 6.07. The monoisotopic (exact) mass is 662 g/mol. The molecule has 6 rings (SSSR count). The first-order valence-corrected chi connectivity index (χ1v) is 18.2. The summed E-state index contributed by atoms with van der Waals surface area (Å²) in [7, 11) is -8.10. The van der Waals surface area contributed by atoms with Crippen LogP contribution in [0.15, 0.2) is 130 Å². The van der Waals surface area contributed by atoms with Crippen molar-refractivity contribution in [2.75, 3.05) is 13.2 Å². The van der Waals surface area contributed by atoms with Crippen molar-refractivity contribution in [1.29, 1.82) is 0 Å². The average Bonchev–Trinajstić information content (AvgIpc) is 3.05. The minimum absolute atomic E-state index is 0.0150. The first kappa shape index (κ1) is 31.5. The van der Waals surface area contributed by atoms with E-state index < -0.39 is 38.2 Å². The molecule has 1 fully saturated rings. The molecule has 2 heterocycles. The van der Waals surface area contributed by atoms with Crippen LogP contribution in [0.1, 0.15) is 48.5 Å². The van der Waals surface area contributed by atoms with Crippen molar-refractivity contribution in [3.05, 3.63) is 142 Å². The molecule has 0 unspecified atom stereocenters. The number of hydrogen-bond donors (Lipinski definition) is 0. The fraction of sp³-hybridized carbons (Fsp3) is 0.257. The lowest BCUT2D eigenvalue weighted by Crippen LogP contribution is -2.54. The number of halogens is 1. The van der Waals surface area contributed by atoms with Crippen LogP contribution in [0.5, 0.6) is 0 Å². The van der Waals surface area contributed by atoms with E-state index >= 15 is 0 Å². The van der Waals surface area contributed by atoms with Crippen molar-refractivity contribution in [3.63, 3.8) is 0 Å². The zero-order chi connectivity index (χ0) is 31.8. The Morgan fingerprint density at radius 3 is 1.96 bits per heavy atom. The van der Waals surface area contributed by atoms with Gasteiger partial charge in [0.05, 0.1) is 40.3 Å². The lowest BCUT2D eigenvalue weighted by atomic mass is 9.84. The summed E-state index contributed by atoms with van der Waals surface area (Å²) in [6.07, 6.45) is 0.460. The SMILES string of the molecule is CCOC1=C2CN(S(=O)(=O)c3ccc(C)cc3)[C@H](c3ccccc3)C[C@@H]2N(S(=O)(=O)c2cccc(Cl)c2)[C@H](c2ccccc2)C1. The van der Waals surface area contributed by atoms with Gasteiger partial charge in [-0.15, -0.1) is 0 Å². The van der Waals surface area contributed by atoms with Crippen LogP contribution in [0.25, 0.3) is 0 Å². The van der Waals surface area contributed by atoms with Crippen molar-refractivity contribution in [3.8, 4) is 0 Å². The number of ether oxygens (including phenoxy) is 1. The number of hydrogen-bond acceptors (Lipinski definition) is 5. The maximum Gasteiger partial charge on any atom is 0.244 e. The lowest BCUT2D eigenvalue weighted by Gasteiger charge is -2.49. The molecule has 4 aromatic rings. The van der Waals surface area contributed by atoms with Crippen LogP contribution in [0, 0.1) is 6.92 Å². The first-order valence-electron chi connectivity index (χ1n) is 14.9. The molecule has 0 aliphatic carbocycles. The van der Waals surface area contributed by atoms with Gasteiger partial charge in [-0.2, -0.15) is 8.61 Å². The van der Waals surface area contributed by atoms with Crippen molar-refractivity contribution in [2.24, 2.45) is 0 Å². The fourth-order valence-electron chi connectivity index (χ4n) is 6.43. The standard InChI is InChI=1S/C35H35ClN2O5S2/c1-3-43-35-23-33(27-13-8-5-9-14-27)38(45(41,42)30-16-10-15-28(36)21-30)34-22-32(26-11-6-4-7-12-26)37(24-31(34)35)44(39,40)29-19-17-25(2)18-20-29/h4-21,32-34H,3,22-24H2,1-2H3/t32-,33-,34-/m0/s1. The molecular formula is C35H35ClN2O5S2. The summed E-state index contributed by atoms with van der Waals surface area (Å²) >= 11 is 6.30. The first-order chi connectivity index (χ1) is 21.6. The molecule has 0 radical (unpaired) electrons. The van der Waals surface area contributed by atoms with Gasteiger partial charge in [0.2, 0.25) is 20.0 Å². The largest absolute Gasteiger partial charge is 0.498 e. The minimum atomic E-state index is -4.11. The normalized spacial score (nSPS) is 21.4. The summed E-state index contributed by atoms with van der Waals surface area (Å²) < 4.78 is 67.4. The summed E-state index contributed by atoms with van der Waals surface area (Å²) in [5.41, 5.74) is 3.21. The van der Waals surface area contributed by atoms with Gasteiger partial charge in [-0.05, 0) is 61.7 Å². The van der Waals surface area contributed by atoms with Gasteiger partial charge in [0.15, 0.2) is 0 Å². The molecule has 2 aliphatic rings. The number of nitrogens with zero attached hydrogens (tertiary/aromatic N) is 2. The highest BCUT2D eigenvalue weighted by atomic mass is 35.5. The highest BCUT2D eigenvalue weighted by molar-refractivity contribution is 7.89. The average molecular weight is 663 g/mol. The summed E-state index contributed by atoms with van der Waals surface area (Å²) in [5, 5.41) is 0.316. The molecule has 234 valence electrons. The van der Waals surface area contributed by atoms with Crippen LogP contribution in [0.2, 0.25) is 5.02 Å². The molecule has 0 bridgehead atoms. The molecule has 3 atom stereocenters. The van der Waals surface area contributed by atoms with Crippen LogP contribution >= 0.6 is 11.6 Å². The van der Waals surface area contributed by atoms with E-state index in [-0.39, 0.29) is 29.2 Å². The molecule has 1 saturated heterocycles. The molecule has 2 aliphatic heterocycles. The Morgan fingerprint density at radius 2 is 1.36 bits per heavy atom. The van der Waals surface area contributed by atoms with Crippen LogP contribution in [0.3, 0.4) is 0 Å². The maximum atomic E-state index is 14.7. The van der Waals surface area contributed by atoms with E-state index in [9.17, 15) is 16.8 Å². The molecule has 0 saturated carbocycles. The minimum Gasteiger partial charge on any atom is -0.498 e. The van der Waals surface area contributed by atoms with E-state index in [1.165, 1.54) is 10.4 Å². The molecule has 45 heavy (non-hydrogen) atoms. The maximum absolute atomic E-state index is 14.7. The topological polar surface area (TPSA) is 84.0 Å². The van der Waals surface area contributed by atoms with Crippen LogP contribution in [-0.2, 0) is 24.8 Å². The Kier molecular flexibility index (Phi) is 8.91. The van der Waals surface area contributed by atoms with Gasteiger partial charge in [0.25, 0.3) is 0 Å². The van der Waals surface area contributed by atoms with Crippen LogP contribution in [-0.4, -0.2) is 44.6 Å². The van der Waals surface area contributed by atoms with E-state index in [0.717, 1.165) is 16.7 Å². The van der Waals surface area contributed by atoms with Gasteiger partial charge in [-0.3, -0.25) is 0 Å². The molecule has 4 aromatic carbocycles. The van der Waals surface area contributed by atoms with E-state index in [0.29, 0.717) is 23.0 Å². The van der Waals surface area contributed by atoms with E-state index in [4.69, 9.17) is 16.3 Å². The van der Waals surface area contributed by atoms with Gasteiger partial charge in [0.1, 0.15) is 0 Å². The third-order valence-corrected chi connectivity index (χ3v) is 12.6. The number of fused-ring (bicyclic) bond motifs is 1. The Bertz CT molecular complexity index is 1920. The third-order valence-electron chi connectivity index (χ3n) is 8.56. The smallest absolute Gasteiger partial charge is 0.244 e. The zero-order valence-corrected chi connectivity index (χ0v) is 27.5.